The third kappa shape index (κ3) is 5.00. The first-order chi connectivity index (χ1) is 8.08. The predicted molar refractivity (Wildman–Crippen MR) is 62.6 cm³/mol. The Morgan fingerprint density at radius 1 is 1.33 bits per heavy atom. The lowest BCUT2D eigenvalue weighted by Gasteiger charge is -2.22. The fraction of sp³-hybridized carbons (Fsp3) is 0.700. The molecule has 6 N–H and O–H groups in total. The monoisotopic (exact) mass is 261 g/mol. The van der Waals surface area contributed by atoms with Crippen molar-refractivity contribution in [3.05, 3.63) is 0 Å². The van der Waals surface area contributed by atoms with E-state index in [4.69, 9.17) is 10.8 Å². The number of hydrogen-bond acceptors (Lipinski definition) is 4. The number of amides is 3. The summed E-state index contributed by atoms with van der Waals surface area (Å²) in [5, 5.41) is 22.4. The zero-order valence-electron chi connectivity index (χ0n) is 10.6. The maximum Gasteiger partial charge on any atom is 0.337 e. The van der Waals surface area contributed by atoms with Gasteiger partial charge >= 0.3 is 12.0 Å². The first-order valence-electron chi connectivity index (χ1n) is 5.37. The molecule has 0 aliphatic rings. The third-order valence-corrected chi connectivity index (χ3v) is 2.31. The lowest BCUT2D eigenvalue weighted by atomic mass is 10.0. The van der Waals surface area contributed by atoms with Crippen molar-refractivity contribution in [1.29, 1.82) is 0 Å². The van der Waals surface area contributed by atoms with Gasteiger partial charge in [-0.1, -0.05) is 13.8 Å². The Morgan fingerprint density at radius 2 is 1.83 bits per heavy atom. The second-order valence-corrected chi connectivity index (χ2v) is 4.53. The molecule has 0 aliphatic carbocycles. The minimum absolute atomic E-state index is 0.201. The van der Waals surface area contributed by atoms with Crippen LogP contribution in [0.2, 0.25) is 0 Å². The molecule has 0 heterocycles. The van der Waals surface area contributed by atoms with Crippen molar-refractivity contribution in [2.24, 2.45) is 11.7 Å². The lowest BCUT2D eigenvalue weighted by molar-refractivity contribution is -0.155. The molecule has 0 fully saturated rings. The van der Waals surface area contributed by atoms with Gasteiger partial charge in [0.05, 0.1) is 6.54 Å². The summed E-state index contributed by atoms with van der Waals surface area (Å²) < 4.78 is 0. The van der Waals surface area contributed by atoms with Gasteiger partial charge in [0.1, 0.15) is 6.04 Å². The summed E-state index contributed by atoms with van der Waals surface area (Å²) in [5.41, 5.74) is 3.02. The highest BCUT2D eigenvalue weighted by atomic mass is 16.4. The third-order valence-electron chi connectivity index (χ3n) is 2.31. The van der Waals surface area contributed by atoms with Crippen LogP contribution in [0.1, 0.15) is 20.8 Å². The van der Waals surface area contributed by atoms with Gasteiger partial charge in [-0.2, -0.15) is 0 Å². The number of carbonyl (C=O) groups is 3. The summed E-state index contributed by atoms with van der Waals surface area (Å²) in [7, 11) is 0. The van der Waals surface area contributed by atoms with Crippen molar-refractivity contribution in [3.8, 4) is 0 Å². The summed E-state index contributed by atoms with van der Waals surface area (Å²) in [5.74, 6) is -2.35. The zero-order chi connectivity index (χ0) is 14.5. The van der Waals surface area contributed by atoms with E-state index in [1.807, 2.05) is 0 Å². The van der Waals surface area contributed by atoms with Crippen LogP contribution < -0.4 is 16.4 Å². The van der Waals surface area contributed by atoms with E-state index < -0.39 is 36.1 Å². The summed E-state index contributed by atoms with van der Waals surface area (Å²) in [6.45, 7) is 3.95. The number of primary amides is 1. The quantitative estimate of drug-likeness (QED) is 0.401. The van der Waals surface area contributed by atoms with E-state index in [1.165, 1.54) is 0 Å². The minimum atomic E-state index is -2.07. The lowest BCUT2D eigenvalue weighted by Crippen LogP contribution is -2.54. The first-order valence-corrected chi connectivity index (χ1v) is 5.37. The maximum atomic E-state index is 11.4. The topological polar surface area (TPSA) is 142 Å². The average molecular weight is 261 g/mol. The number of carboxylic acid groups (broad SMARTS) is 1. The molecule has 8 heteroatoms. The Bertz CT molecular complexity index is 340. The molecule has 18 heavy (non-hydrogen) atoms. The van der Waals surface area contributed by atoms with Gasteiger partial charge in [0.15, 0.2) is 5.60 Å². The van der Waals surface area contributed by atoms with Crippen molar-refractivity contribution in [1.82, 2.24) is 10.6 Å². The van der Waals surface area contributed by atoms with Crippen LogP contribution in [-0.4, -0.2) is 46.3 Å². The average Bonchev–Trinajstić information content (AvgIpc) is 2.22. The Hall–Kier alpha value is -1.83. The molecule has 8 nitrogen and oxygen atoms in total. The van der Waals surface area contributed by atoms with E-state index in [9.17, 15) is 19.5 Å². The summed E-state index contributed by atoms with van der Waals surface area (Å²) in [6.07, 6.45) is 0. The van der Waals surface area contributed by atoms with Gasteiger partial charge in [-0.3, -0.25) is 4.79 Å². The van der Waals surface area contributed by atoms with Crippen molar-refractivity contribution in [2.75, 3.05) is 6.54 Å². The first kappa shape index (κ1) is 16.2. The van der Waals surface area contributed by atoms with Crippen LogP contribution in [0.25, 0.3) is 0 Å². The van der Waals surface area contributed by atoms with Crippen molar-refractivity contribution in [3.63, 3.8) is 0 Å². The molecule has 0 rings (SSSR count). The molecule has 2 atom stereocenters. The zero-order valence-corrected chi connectivity index (χ0v) is 10.6. The number of urea groups is 1. The molecule has 0 aliphatic heterocycles. The van der Waals surface area contributed by atoms with Crippen molar-refractivity contribution in [2.45, 2.75) is 32.4 Å². The van der Waals surface area contributed by atoms with Gasteiger partial charge < -0.3 is 26.6 Å². The van der Waals surface area contributed by atoms with Crippen LogP contribution in [-0.2, 0) is 9.59 Å². The SMILES string of the molecule is CC(C)C(NC(=O)NCC(C)(O)C(=O)O)C(N)=O. The second-order valence-electron chi connectivity index (χ2n) is 4.53. The molecule has 0 bridgehead atoms. The molecule has 3 amide bonds. The molecule has 0 aromatic rings. The van der Waals surface area contributed by atoms with Crippen LogP contribution >= 0.6 is 0 Å². The standard InChI is InChI=1S/C10H19N3O5/c1-5(2)6(7(11)14)13-9(17)12-4-10(3,18)8(15)16/h5-6,18H,4H2,1-3H3,(H2,11,14)(H,15,16)(H2,12,13,17). The summed E-state index contributed by atoms with van der Waals surface area (Å²) in [6, 6.07) is -1.63. The molecule has 0 aromatic heterocycles. The highest BCUT2D eigenvalue weighted by Crippen LogP contribution is 2.02. The van der Waals surface area contributed by atoms with Crippen LogP contribution in [0.3, 0.4) is 0 Å². The van der Waals surface area contributed by atoms with Crippen LogP contribution in [0.5, 0.6) is 0 Å². The minimum Gasteiger partial charge on any atom is -0.479 e. The number of aliphatic hydroxyl groups is 1. The van der Waals surface area contributed by atoms with Crippen LogP contribution in [0, 0.1) is 5.92 Å². The van der Waals surface area contributed by atoms with E-state index in [-0.39, 0.29) is 5.92 Å². The van der Waals surface area contributed by atoms with Crippen LogP contribution in [0.4, 0.5) is 4.79 Å². The Balaban J connectivity index is 4.35. The number of carbonyl (C=O) groups excluding carboxylic acids is 2. The number of aliphatic carboxylic acids is 1. The number of carboxylic acids is 1. The number of nitrogens with one attached hydrogen (secondary N) is 2. The van der Waals surface area contributed by atoms with E-state index in [0.717, 1.165) is 6.92 Å². The summed E-state index contributed by atoms with van der Waals surface area (Å²) in [4.78, 5) is 33.0. The van der Waals surface area contributed by atoms with Gasteiger partial charge in [0, 0.05) is 0 Å². The number of hydrogen-bond donors (Lipinski definition) is 5. The maximum absolute atomic E-state index is 11.4. The largest absolute Gasteiger partial charge is 0.479 e. The molecule has 0 spiro atoms. The highest BCUT2D eigenvalue weighted by Gasteiger charge is 2.31. The van der Waals surface area contributed by atoms with Gasteiger partial charge in [-0.25, -0.2) is 9.59 Å². The smallest absolute Gasteiger partial charge is 0.337 e. The Labute approximate surface area is 105 Å². The summed E-state index contributed by atoms with van der Waals surface area (Å²) >= 11 is 0. The van der Waals surface area contributed by atoms with Gasteiger partial charge in [-0.05, 0) is 12.8 Å². The van der Waals surface area contributed by atoms with Crippen molar-refractivity contribution < 1.29 is 24.6 Å². The molecule has 0 saturated heterocycles. The Morgan fingerprint density at radius 3 is 2.17 bits per heavy atom. The van der Waals surface area contributed by atoms with Gasteiger partial charge in [-0.15, -0.1) is 0 Å². The molecule has 0 aromatic carbocycles. The number of rotatable bonds is 6. The van der Waals surface area contributed by atoms with Crippen molar-refractivity contribution >= 4 is 17.9 Å². The fourth-order valence-electron chi connectivity index (χ4n) is 1.09. The normalized spacial score (nSPS) is 15.6. The van der Waals surface area contributed by atoms with E-state index in [0.29, 0.717) is 0 Å². The molecular formula is C10H19N3O5. The predicted octanol–water partition coefficient (Wildman–Crippen LogP) is -1.37. The molecule has 0 saturated carbocycles. The van der Waals surface area contributed by atoms with Gasteiger partial charge in [0.2, 0.25) is 5.91 Å². The van der Waals surface area contributed by atoms with Gasteiger partial charge in [0.25, 0.3) is 0 Å². The van der Waals surface area contributed by atoms with E-state index in [1.54, 1.807) is 13.8 Å². The Kier molecular flexibility index (Phi) is 5.57. The molecular weight excluding hydrogens is 242 g/mol. The molecule has 2 unspecified atom stereocenters. The second kappa shape index (κ2) is 6.20. The fourth-order valence-corrected chi connectivity index (χ4v) is 1.09. The van der Waals surface area contributed by atoms with Crippen LogP contribution in [0.15, 0.2) is 0 Å². The van der Waals surface area contributed by atoms with E-state index in [2.05, 4.69) is 10.6 Å². The molecule has 104 valence electrons. The van der Waals surface area contributed by atoms with E-state index >= 15 is 0 Å². The molecule has 0 radical (unpaired) electrons. The number of nitrogens with two attached hydrogens (primary N) is 1. The highest BCUT2D eigenvalue weighted by molar-refractivity contribution is 5.86.